The molecular weight excluding hydrogens is 2000 g/mol. The van der Waals surface area contributed by atoms with Crippen LogP contribution in [0.1, 0.15) is 287 Å². The molecule has 0 N–H and O–H groups in total. The molecule has 1 aliphatic rings. The lowest BCUT2D eigenvalue weighted by Gasteiger charge is -2.11. The highest BCUT2D eigenvalue weighted by molar-refractivity contribution is 6.34. The molecule has 22 nitrogen and oxygen atoms in total. The number of ether oxygens (including phenoxy) is 4. The smallest absolute Gasteiger partial charge is 0.495 e. The summed E-state index contributed by atoms with van der Waals surface area (Å²) in [6.07, 6.45) is -7.11. The maximum Gasteiger partial charge on any atom is 0.573 e. The summed E-state index contributed by atoms with van der Waals surface area (Å²) in [5.74, 6) is 4.04. The number of benzene rings is 9. The van der Waals surface area contributed by atoms with Gasteiger partial charge in [0.25, 0.3) is 0 Å². The second-order valence-corrected chi connectivity index (χ2v) is 46.7. The maximum atomic E-state index is 13.4. The van der Waals surface area contributed by atoms with Gasteiger partial charge in [0.05, 0.1) is 24.3 Å². The third kappa shape index (κ3) is 29.8. The molecule has 0 spiro atoms. The van der Waals surface area contributed by atoms with Gasteiger partial charge in [0.2, 0.25) is 53.0 Å². The van der Waals surface area contributed by atoms with E-state index in [2.05, 4.69) is 176 Å². The van der Waals surface area contributed by atoms with E-state index in [1.54, 1.807) is 38.3 Å². The van der Waals surface area contributed by atoms with Crippen molar-refractivity contribution in [3.63, 3.8) is 0 Å². The zero-order chi connectivity index (χ0) is 109. The number of nitrogens with zero attached hydrogens (tertiary/aromatic N) is 9. The molecule has 0 atom stereocenters. The highest BCUT2D eigenvalue weighted by Gasteiger charge is 2.37. The number of alkyl halides is 6. The SMILES string of the molecule is CC(C)(C)c1nc2cc(Cl)c(OC(F)(F)F)cc2o1.CC(C)(C)c1nc2cc(F)c(OC(F)(F)F)cc2o1.CC(C)(C)c1nc2ccc(C3CC3)cc2o1.COc1cc2nc(C(C)(C)C)oc2cc1Cl.COc1cc2nc(C(C)(C)C)oc2cc1F.Cc1cc2nc(C(C)(C)C)oc2cc1Cl.Cc1cc2nc(C(C)(C)C)oc2cc1F.Cc1cc2oc(C(C)(C)C)nc2cc1Cl.Cc1cc2oc(C(C)(C)C)nc2cc1Cl. The highest BCUT2D eigenvalue weighted by atomic mass is 35.5. The Labute approximate surface area is 866 Å². The number of oxazole rings is 9. The molecule has 1 saturated carbocycles. The van der Waals surface area contributed by atoms with Crippen molar-refractivity contribution in [1.29, 1.82) is 0 Å². The van der Waals surface area contributed by atoms with Gasteiger partial charge in [0, 0.05) is 118 Å². The minimum absolute atomic E-state index is 0.0151. The van der Waals surface area contributed by atoms with Gasteiger partial charge in [-0.1, -0.05) is 251 Å². The standard InChI is InChI=1S/C14H17NO.C12H11ClF3NO2.C12H14ClNO2.3C12H14ClNO.C12H11F4NO2.C12H14FNO2.C12H14FNO/c1-14(2,3)13-15-11-7-6-10(9-4-5-9)8-12(11)16-13;1-11(2,3)10-17-7-4-6(13)8(5-9(7)18-10)19-12(14,15)16;1-12(2,3)11-14-8-6-9(15-4)7(13)5-10(8)16-11;2*1-7-5-10-9(6-8(7)13)14-11(15-10)12(2,3)4;1-7-5-9-10(6-8(7)13)15-11(14-9)12(2,3)4;1-11(2,3)10-17-7-4-6(13)8(5-9(7)18-10)19-12(14,15)16;1-12(2,3)11-14-8-6-9(15-4)7(13)5-10(8)16-11;1-7-5-9-10(6-8(7)13)15-11(14-9)12(2,3)4/h6-9H,4-5H2,1-3H3;4-5H,1-3H3;5-6H,1-4H3;3*5-6H,1-4H3;4-5H,1-3H3;5-6H,1-4H3;5-6H,1-4H3. The third-order valence-electron chi connectivity index (χ3n) is 21.6. The summed E-state index contributed by atoms with van der Waals surface area (Å²) in [5, 5.41) is 2.55. The monoisotopic (exact) mass is 2120 g/mol. The Bertz CT molecular complexity index is 6960. The van der Waals surface area contributed by atoms with Crippen molar-refractivity contribution in [2.45, 2.75) is 295 Å². The molecule has 1 aliphatic carbocycles. The molecule has 0 aliphatic heterocycles. The lowest BCUT2D eigenvalue weighted by Crippen LogP contribution is -2.17. The molecule has 0 unspecified atom stereocenters. The van der Waals surface area contributed by atoms with Crippen LogP contribution in [0.5, 0.6) is 23.0 Å². The van der Waals surface area contributed by atoms with Gasteiger partial charge in [-0.15, -0.1) is 26.3 Å². The van der Waals surface area contributed by atoms with Crippen LogP contribution in [0.15, 0.2) is 155 Å². The number of halogens is 14. The number of methoxy groups -OCH3 is 2. The van der Waals surface area contributed by atoms with Gasteiger partial charge >= 0.3 is 12.7 Å². The Morgan fingerprint density at radius 3 is 0.808 bits per heavy atom. The topological polar surface area (TPSA) is 271 Å². The van der Waals surface area contributed by atoms with Crippen molar-refractivity contribution >= 4 is 158 Å². The van der Waals surface area contributed by atoms with Gasteiger partial charge < -0.3 is 58.7 Å². The summed E-state index contributed by atoms with van der Waals surface area (Å²) in [6, 6.07) is 31.3. The molecule has 9 heterocycles. The van der Waals surface area contributed by atoms with Crippen LogP contribution in [-0.2, 0) is 48.7 Å². The number of hydrogen-bond acceptors (Lipinski definition) is 22. The van der Waals surface area contributed by atoms with Crippen molar-refractivity contribution in [1.82, 2.24) is 44.9 Å². The predicted octanol–water partition coefficient (Wildman–Crippen LogP) is 35.7. The fourth-order valence-corrected chi connectivity index (χ4v) is 14.0. The summed E-state index contributed by atoms with van der Waals surface area (Å²) >= 11 is 29.8. The van der Waals surface area contributed by atoms with E-state index in [0.29, 0.717) is 73.6 Å². The van der Waals surface area contributed by atoms with Crippen LogP contribution in [0, 0.1) is 45.1 Å². The minimum atomic E-state index is -4.96. The van der Waals surface area contributed by atoms with Gasteiger partial charge in [-0.25, -0.2) is 58.0 Å². The van der Waals surface area contributed by atoms with Gasteiger partial charge in [-0.2, -0.15) is 0 Å². The summed E-state index contributed by atoms with van der Waals surface area (Å²) in [5.41, 5.74) is 15.0. The predicted molar refractivity (Wildman–Crippen MR) is 557 cm³/mol. The first-order valence-electron chi connectivity index (χ1n) is 46.7. The van der Waals surface area contributed by atoms with Gasteiger partial charge in [0.15, 0.2) is 79.1 Å². The largest absolute Gasteiger partial charge is 0.573 e. The number of fused-ring (bicyclic) bond motifs is 9. The van der Waals surface area contributed by atoms with Crippen molar-refractivity contribution < 1.29 is 98.2 Å². The van der Waals surface area contributed by atoms with Crippen molar-refractivity contribution in [2.75, 3.05) is 14.2 Å². The van der Waals surface area contributed by atoms with E-state index in [9.17, 15) is 39.5 Å². The van der Waals surface area contributed by atoms with Crippen molar-refractivity contribution in [2.24, 2.45) is 0 Å². The van der Waals surface area contributed by atoms with E-state index < -0.39 is 41.3 Å². The van der Waals surface area contributed by atoms with E-state index in [4.69, 9.17) is 107 Å². The quantitative estimate of drug-likeness (QED) is 0.145. The number of hydrogen-bond donors (Lipinski definition) is 0. The van der Waals surface area contributed by atoms with Crippen LogP contribution in [-0.4, -0.2) is 71.8 Å². The molecule has 784 valence electrons. The first kappa shape index (κ1) is 115. The second kappa shape index (κ2) is 43.2. The Morgan fingerprint density at radius 2 is 0.473 bits per heavy atom. The Morgan fingerprint density at radius 1 is 0.240 bits per heavy atom. The average Bonchev–Trinajstić information content (AvgIpc) is 1.63. The van der Waals surface area contributed by atoms with Crippen LogP contribution in [0.2, 0.25) is 25.1 Å². The zero-order valence-corrected chi connectivity index (χ0v) is 91.9. The fraction of sp³-hybridized carbons (Fsp3) is 0.427. The first-order chi connectivity index (χ1) is 67.0. The zero-order valence-electron chi connectivity index (χ0n) is 88.1. The highest BCUT2D eigenvalue weighted by Crippen LogP contribution is 2.44. The lowest BCUT2D eigenvalue weighted by molar-refractivity contribution is -0.276. The molecule has 0 amide bonds. The summed E-state index contributed by atoms with van der Waals surface area (Å²) in [4.78, 5) is 39.2. The minimum Gasteiger partial charge on any atom is -0.495 e. The molecule has 0 saturated heterocycles. The third-order valence-corrected chi connectivity index (χ3v) is 23.4. The van der Waals surface area contributed by atoms with Crippen LogP contribution >= 0.6 is 58.0 Å². The summed E-state index contributed by atoms with van der Waals surface area (Å²) in [6.45, 7) is 61.9. The maximum absolute atomic E-state index is 13.4. The first-order valence-corrected chi connectivity index (χ1v) is 48.6. The molecule has 18 aromatic rings. The molecule has 146 heavy (non-hydrogen) atoms. The molecular formula is C110H123Cl5F9N9O13. The van der Waals surface area contributed by atoms with E-state index >= 15 is 0 Å². The van der Waals surface area contributed by atoms with Crippen molar-refractivity contribution in [3.8, 4) is 23.0 Å². The number of aromatic nitrogens is 9. The molecule has 0 bridgehead atoms. The van der Waals surface area contributed by atoms with Gasteiger partial charge in [0.1, 0.15) is 61.2 Å². The molecule has 1 fully saturated rings. The second-order valence-electron chi connectivity index (χ2n) is 44.7. The van der Waals surface area contributed by atoms with Crippen LogP contribution < -0.4 is 18.9 Å². The normalized spacial score (nSPS) is 13.0. The Balaban J connectivity index is 0.000000156. The number of aryl methyl sites for hydroxylation is 4. The Kier molecular flexibility index (Phi) is 33.9. The van der Waals surface area contributed by atoms with Crippen LogP contribution in [0.25, 0.3) is 99.9 Å². The molecule has 9 aromatic heterocycles. The fourth-order valence-electron chi connectivity index (χ4n) is 13.1. The lowest BCUT2D eigenvalue weighted by atomic mass is 9.97. The molecule has 9 aromatic carbocycles. The van der Waals surface area contributed by atoms with Gasteiger partial charge in [-0.3, -0.25) is 0 Å². The van der Waals surface area contributed by atoms with Crippen LogP contribution in [0.4, 0.5) is 39.5 Å². The van der Waals surface area contributed by atoms with E-state index in [1.807, 2.05) is 140 Å². The van der Waals surface area contributed by atoms with Crippen LogP contribution in [0.3, 0.4) is 0 Å². The number of rotatable bonds is 5. The summed E-state index contributed by atoms with van der Waals surface area (Å²) < 4.78 is 181. The average molecular weight is 2130 g/mol. The van der Waals surface area contributed by atoms with E-state index in [1.165, 1.54) is 43.7 Å². The van der Waals surface area contributed by atoms with Gasteiger partial charge in [-0.05, 0) is 129 Å². The summed E-state index contributed by atoms with van der Waals surface area (Å²) in [7, 11) is 3.01. The molecule has 0 radical (unpaired) electrons. The Hall–Kier alpha value is -11.8. The molecule has 36 heteroatoms. The molecule has 19 rings (SSSR count). The van der Waals surface area contributed by atoms with E-state index in [0.717, 1.165) is 135 Å². The van der Waals surface area contributed by atoms with Crippen molar-refractivity contribution in [3.05, 3.63) is 239 Å². The van der Waals surface area contributed by atoms with E-state index in [-0.39, 0.29) is 76.6 Å².